The second kappa shape index (κ2) is 9.52. The maximum Gasteiger partial charge on any atom is 0.389 e. The van der Waals surface area contributed by atoms with E-state index in [1.54, 1.807) is 0 Å². The summed E-state index contributed by atoms with van der Waals surface area (Å²) in [7, 11) is -3.69. The van der Waals surface area contributed by atoms with Gasteiger partial charge in [0.25, 0.3) is 15.7 Å². The van der Waals surface area contributed by atoms with Gasteiger partial charge in [0.2, 0.25) is 5.28 Å². The third kappa shape index (κ3) is 6.08. The van der Waals surface area contributed by atoms with Crippen molar-refractivity contribution in [2.24, 2.45) is 0 Å². The first-order valence-electron chi connectivity index (χ1n) is 9.16. The monoisotopic (exact) mass is 474 g/mol. The van der Waals surface area contributed by atoms with Crippen molar-refractivity contribution in [1.29, 1.82) is 0 Å². The first kappa shape index (κ1) is 24.4. The van der Waals surface area contributed by atoms with Crippen LogP contribution in [0.3, 0.4) is 0 Å². The third-order valence-corrected chi connectivity index (χ3v) is 5.06. The Balaban J connectivity index is 2.50. The van der Waals surface area contributed by atoms with Crippen molar-refractivity contribution in [2.45, 2.75) is 58.4 Å². The average Bonchev–Trinajstić information content (AvgIpc) is 2.92. The number of halogens is 4. The molecule has 0 saturated heterocycles. The Morgan fingerprint density at radius 2 is 1.70 bits per heavy atom. The summed E-state index contributed by atoms with van der Waals surface area (Å²) in [6.07, 6.45) is -4.40. The van der Waals surface area contributed by atoms with Crippen molar-refractivity contribution in [3.05, 3.63) is 26.1 Å². The Bertz CT molecular complexity index is 1120. The Labute approximate surface area is 175 Å². The molecule has 0 aromatic carbocycles. The van der Waals surface area contributed by atoms with Crippen LogP contribution < -0.4 is 11.2 Å². The van der Waals surface area contributed by atoms with Gasteiger partial charge in [-0.05, 0) is 30.9 Å². The number of hydrogen-bond acceptors (Lipinski definition) is 6. The van der Waals surface area contributed by atoms with E-state index in [1.807, 2.05) is 6.92 Å². The molecule has 14 heteroatoms. The highest BCUT2D eigenvalue weighted by Crippen LogP contribution is 2.22. The van der Waals surface area contributed by atoms with Gasteiger partial charge in [0.15, 0.2) is 11.2 Å². The number of fused-ring (bicyclic) bond motifs is 1. The Hall–Kier alpha value is -1.86. The Morgan fingerprint density at radius 1 is 1.07 bits per heavy atom. The lowest BCUT2D eigenvalue weighted by Crippen LogP contribution is -2.41. The van der Waals surface area contributed by atoms with Gasteiger partial charge in [-0.15, -0.1) is 0 Å². The zero-order valence-corrected chi connectivity index (χ0v) is 18.0. The summed E-state index contributed by atoms with van der Waals surface area (Å²) >= 11 is 6.10. The molecule has 0 radical (unpaired) electrons. The van der Waals surface area contributed by atoms with Crippen molar-refractivity contribution in [1.82, 2.24) is 18.7 Å². The van der Waals surface area contributed by atoms with E-state index in [2.05, 4.69) is 9.17 Å². The molecule has 0 aliphatic rings. The van der Waals surface area contributed by atoms with E-state index in [-0.39, 0.29) is 49.0 Å². The summed E-state index contributed by atoms with van der Waals surface area (Å²) in [6, 6.07) is 0. The van der Waals surface area contributed by atoms with E-state index >= 15 is 0 Å². The van der Waals surface area contributed by atoms with Crippen LogP contribution in [0.15, 0.2) is 9.59 Å². The van der Waals surface area contributed by atoms with Gasteiger partial charge in [-0.3, -0.25) is 18.1 Å². The standard InChI is InChI=1S/C16H22ClF3N4O5S/c1-3-7-22-11-12(21-14(22)17)23(8-4-6-16(18,19)20)15(26)24(13(11)25)9-5-10-29-30(2,27)28/h3-10H2,1-2H3. The van der Waals surface area contributed by atoms with Crippen LogP contribution in [0, 0.1) is 0 Å². The highest BCUT2D eigenvalue weighted by molar-refractivity contribution is 7.85. The van der Waals surface area contributed by atoms with Crippen molar-refractivity contribution in [2.75, 3.05) is 12.9 Å². The molecule has 0 spiro atoms. The Morgan fingerprint density at radius 3 is 2.27 bits per heavy atom. The lowest BCUT2D eigenvalue weighted by molar-refractivity contribution is -0.135. The number of imidazole rings is 1. The van der Waals surface area contributed by atoms with Crippen molar-refractivity contribution in [3.63, 3.8) is 0 Å². The predicted octanol–water partition coefficient (Wildman–Crippen LogP) is 2.13. The van der Waals surface area contributed by atoms with E-state index in [0.29, 0.717) is 13.0 Å². The van der Waals surface area contributed by atoms with Gasteiger partial charge in [-0.2, -0.15) is 26.6 Å². The highest BCUT2D eigenvalue weighted by Gasteiger charge is 2.27. The van der Waals surface area contributed by atoms with Gasteiger partial charge in [0.1, 0.15) is 0 Å². The van der Waals surface area contributed by atoms with Crippen LogP contribution >= 0.6 is 11.6 Å². The Kier molecular flexibility index (Phi) is 7.74. The normalized spacial score (nSPS) is 12.7. The molecule has 2 heterocycles. The molecule has 170 valence electrons. The molecule has 2 aromatic heterocycles. The quantitative estimate of drug-likeness (QED) is 0.297. The average molecular weight is 475 g/mol. The van der Waals surface area contributed by atoms with Crippen molar-refractivity contribution >= 4 is 32.9 Å². The SMILES string of the molecule is CCCn1c(Cl)nc2c1c(=O)n(CCCOS(C)(=O)=O)c(=O)n2CCCC(F)(F)F. The fourth-order valence-corrected chi connectivity index (χ4v) is 3.63. The summed E-state index contributed by atoms with van der Waals surface area (Å²) in [4.78, 5) is 29.8. The second-order valence-electron chi connectivity index (χ2n) is 6.69. The van der Waals surface area contributed by atoms with Crippen LogP contribution in [0.25, 0.3) is 11.2 Å². The zero-order chi connectivity index (χ0) is 22.7. The minimum absolute atomic E-state index is 0.0116. The highest BCUT2D eigenvalue weighted by atomic mass is 35.5. The molecule has 0 unspecified atom stereocenters. The zero-order valence-electron chi connectivity index (χ0n) is 16.4. The summed E-state index contributed by atoms with van der Waals surface area (Å²) in [5, 5.41) is -0.0499. The fraction of sp³-hybridized carbons (Fsp3) is 0.688. The van der Waals surface area contributed by atoms with Crippen LogP contribution in [0.5, 0.6) is 0 Å². The molecule has 0 bridgehead atoms. The number of nitrogens with zero attached hydrogens (tertiary/aromatic N) is 4. The molecule has 0 saturated carbocycles. The van der Waals surface area contributed by atoms with E-state index in [1.165, 1.54) is 4.57 Å². The maximum atomic E-state index is 12.9. The molecule has 0 fully saturated rings. The van der Waals surface area contributed by atoms with Gasteiger partial charge in [-0.25, -0.2) is 4.79 Å². The molecule has 0 amide bonds. The van der Waals surface area contributed by atoms with Gasteiger partial charge in [0.05, 0.1) is 12.9 Å². The van der Waals surface area contributed by atoms with E-state index in [0.717, 1.165) is 15.4 Å². The molecule has 0 N–H and O–H groups in total. The van der Waals surface area contributed by atoms with Gasteiger partial charge in [-0.1, -0.05) is 6.92 Å². The molecular weight excluding hydrogens is 453 g/mol. The first-order valence-corrected chi connectivity index (χ1v) is 11.4. The largest absolute Gasteiger partial charge is 0.389 e. The van der Waals surface area contributed by atoms with Gasteiger partial charge < -0.3 is 4.57 Å². The molecule has 0 aliphatic heterocycles. The number of hydrogen-bond donors (Lipinski definition) is 0. The lowest BCUT2D eigenvalue weighted by atomic mass is 10.3. The first-order chi connectivity index (χ1) is 13.9. The third-order valence-electron chi connectivity index (χ3n) is 4.18. The van der Waals surface area contributed by atoms with Gasteiger partial charge in [0, 0.05) is 26.1 Å². The number of alkyl halides is 3. The van der Waals surface area contributed by atoms with Crippen LogP contribution in [0.2, 0.25) is 5.28 Å². The summed E-state index contributed by atoms with van der Waals surface area (Å²) in [6.45, 7) is 1.41. The second-order valence-corrected chi connectivity index (χ2v) is 8.68. The molecule has 30 heavy (non-hydrogen) atoms. The minimum atomic E-state index is -4.39. The van der Waals surface area contributed by atoms with Crippen LogP contribution in [-0.2, 0) is 33.9 Å². The summed E-state index contributed by atoms with van der Waals surface area (Å²) in [5.74, 6) is 0. The molecule has 2 rings (SSSR count). The molecule has 0 atom stereocenters. The van der Waals surface area contributed by atoms with E-state index in [9.17, 15) is 31.2 Å². The number of aryl methyl sites for hydroxylation is 2. The van der Waals surface area contributed by atoms with Crippen LogP contribution in [0.1, 0.15) is 32.6 Å². The topological polar surface area (TPSA) is 105 Å². The molecule has 0 aliphatic carbocycles. The van der Waals surface area contributed by atoms with Crippen LogP contribution in [0.4, 0.5) is 13.2 Å². The molecule has 9 nitrogen and oxygen atoms in total. The van der Waals surface area contributed by atoms with Crippen molar-refractivity contribution in [3.8, 4) is 0 Å². The summed E-state index contributed by atoms with van der Waals surface area (Å²) in [5.41, 5.74) is -1.60. The van der Waals surface area contributed by atoms with Crippen molar-refractivity contribution < 1.29 is 25.8 Å². The minimum Gasteiger partial charge on any atom is -0.309 e. The van der Waals surface area contributed by atoms with E-state index in [4.69, 9.17) is 11.6 Å². The number of aromatic nitrogens is 4. The predicted molar refractivity (Wildman–Crippen MR) is 104 cm³/mol. The summed E-state index contributed by atoms with van der Waals surface area (Å²) < 4.78 is 67.6. The fourth-order valence-electron chi connectivity index (χ4n) is 2.96. The van der Waals surface area contributed by atoms with E-state index < -0.39 is 34.0 Å². The molecular formula is C16H22ClF3N4O5S. The smallest absolute Gasteiger partial charge is 0.309 e. The van der Waals surface area contributed by atoms with Crippen LogP contribution in [-0.4, -0.2) is 46.1 Å². The van der Waals surface area contributed by atoms with Gasteiger partial charge >= 0.3 is 11.9 Å². The maximum absolute atomic E-state index is 12.9. The lowest BCUT2D eigenvalue weighted by Gasteiger charge is -2.13. The number of rotatable bonds is 10. The molecule has 2 aromatic rings.